The number of methoxy groups -OCH3 is 3. The summed E-state index contributed by atoms with van der Waals surface area (Å²) in [4.78, 5) is 26.5. The minimum atomic E-state index is -0.682. The second kappa shape index (κ2) is 5.01. The van der Waals surface area contributed by atoms with Crippen molar-refractivity contribution in [1.82, 2.24) is 4.98 Å². The Balaban J connectivity index is 2.76. The van der Waals surface area contributed by atoms with E-state index in [0.29, 0.717) is 22.4 Å². The Kier molecular flexibility index (Phi) is 3.41. The van der Waals surface area contributed by atoms with Crippen LogP contribution in [0.3, 0.4) is 0 Å². The molecule has 1 aromatic carbocycles. The van der Waals surface area contributed by atoms with Gasteiger partial charge < -0.3 is 19.2 Å². The predicted octanol–water partition coefficient (Wildman–Crippen LogP) is 1.33. The van der Waals surface area contributed by atoms with Crippen LogP contribution in [-0.4, -0.2) is 32.3 Å². The van der Waals surface area contributed by atoms with Gasteiger partial charge in [-0.3, -0.25) is 4.79 Å². The quantitative estimate of drug-likeness (QED) is 0.845. The molecule has 0 radical (unpaired) electrons. The number of carbonyl (C=O) groups is 1. The number of ether oxygens (including phenoxy) is 3. The summed E-state index contributed by atoms with van der Waals surface area (Å²) in [5.74, 6) is 0.233. The third-order valence-corrected chi connectivity index (χ3v) is 2.79. The normalized spacial score (nSPS) is 10.3. The summed E-state index contributed by atoms with van der Waals surface area (Å²) >= 11 is 0. The summed E-state index contributed by atoms with van der Waals surface area (Å²) in [5, 5.41) is 0.334. The van der Waals surface area contributed by atoms with Gasteiger partial charge in [0, 0.05) is 12.3 Å². The van der Waals surface area contributed by atoms with Crippen LogP contribution in [0, 0.1) is 0 Å². The van der Waals surface area contributed by atoms with Gasteiger partial charge in [-0.2, -0.15) is 0 Å². The van der Waals surface area contributed by atoms with Gasteiger partial charge in [-0.05, 0) is 6.07 Å². The zero-order valence-corrected chi connectivity index (χ0v) is 10.8. The summed E-state index contributed by atoms with van der Waals surface area (Å²) in [6, 6.07) is 3.16. The Labute approximate surface area is 108 Å². The molecule has 100 valence electrons. The number of nitrogens with one attached hydrogen (secondary N) is 1. The van der Waals surface area contributed by atoms with Crippen molar-refractivity contribution in [3.05, 3.63) is 34.1 Å². The van der Waals surface area contributed by atoms with E-state index in [4.69, 9.17) is 9.47 Å². The number of fused-ring (bicyclic) bond motifs is 1. The van der Waals surface area contributed by atoms with Gasteiger partial charge in [0.1, 0.15) is 5.56 Å². The molecule has 0 atom stereocenters. The Morgan fingerprint density at radius 3 is 2.32 bits per heavy atom. The monoisotopic (exact) mass is 263 g/mol. The van der Waals surface area contributed by atoms with Gasteiger partial charge in [-0.1, -0.05) is 0 Å². The number of aromatic nitrogens is 1. The highest BCUT2D eigenvalue weighted by Crippen LogP contribution is 2.30. The number of aromatic amines is 1. The van der Waals surface area contributed by atoms with Crippen molar-refractivity contribution in [2.75, 3.05) is 21.3 Å². The van der Waals surface area contributed by atoms with E-state index in [1.165, 1.54) is 33.6 Å². The van der Waals surface area contributed by atoms with Crippen molar-refractivity contribution >= 4 is 16.9 Å². The smallest absolute Gasteiger partial charge is 0.343 e. The molecule has 2 rings (SSSR count). The largest absolute Gasteiger partial charge is 0.493 e. The lowest BCUT2D eigenvalue weighted by atomic mass is 10.1. The van der Waals surface area contributed by atoms with Crippen molar-refractivity contribution in [2.45, 2.75) is 0 Å². The van der Waals surface area contributed by atoms with Crippen LogP contribution in [0.15, 0.2) is 23.1 Å². The van der Waals surface area contributed by atoms with Crippen LogP contribution in [0.5, 0.6) is 11.5 Å². The molecule has 0 saturated carbocycles. The summed E-state index contributed by atoms with van der Waals surface area (Å²) in [6.45, 7) is 0. The summed E-state index contributed by atoms with van der Waals surface area (Å²) in [7, 11) is 4.20. The lowest BCUT2D eigenvalue weighted by Gasteiger charge is -2.09. The van der Waals surface area contributed by atoms with Gasteiger partial charge in [0.05, 0.1) is 32.2 Å². The average Bonchev–Trinajstić information content (AvgIpc) is 2.45. The van der Waals surface area contributed by atoms with Crippen LogP contribution in [0.2, 0.25) is 0 Å². The summed E-state index contributed by atoms with van der Waals surface area (Å²) < 4.78 is 14.8. The SMILES string of the molecule is COC(=O)c1c[nH]c2cc(OC)c(OC)cc2c1=O. The molecule has 0 amide bonds. The highest BCUT2D eigenvalue weighted by molar-refractivity contribution is 5.94. The number of pyridine rings is 1. The van der Waals surface area contributed by atoms with E-state index in [-0.39, 0.29) is 5.56 Å². The maximum absolute atomic E-state index is 12.2. The number of rotatable bonds is 3. The van der Waals surface area contributed by atoms with E-state index in [0.717, 1.165) is 0 Å². The van der Waals surface area contributed by atoms with E-state index in [9.17, 15) is 9.59 Å². The Morgan fingerprint density at radius 2 is 1.74 bits per heavy atom. The predicted molar refractivity (Wildman–Crippen MR) is 69.0 cm³/mol. The Hall–Kier alpha value is -2.50. The molecule has 0 aliphatic carbocycles. The topological polar surface area (TPSA) is 77.6 Å². The molecule has 0 spiro atoms. The van der Waals surface area contributed by atoms with Crippen LogP contribution >= 0.6 is 0 Å². The molecule has 1 N–H and O–H groups in total. The highest BCUT2D eigenvalue weighted by Gasteiger charge is 2.15. The fraction of sp³-hybridized carbons (Fsp3) is 0.231. The molecule has 0 saturated heterocycles. The molecular weight excluding hydrogens is 250 g/mol. The first-order valence-electron chi connectivity index (χ1n) is 5.48. The van der Waals surface area contributed by atoms with Crippen LogP contribution in [-0.2, 0) is 4.74 Å². The summed E-state index contributed by atoms with van der Waals surface area (Å²) in [5.41, 5.74) is 0.0825. The first-order valence-corrected chi connectivity index (χ1v) is 5.48. The molecule has 0 unspecified atom stereocenters. The molecule has 6 nitrogen and oxygen atoms in total. The second-order valence-electron chi connectivity index (χ2n) is 3.78. The number of hydrogen-bond donors (Lipinski definition) is 1. The van der Waals surface area contributed by atoms with Gasteiger partial charge in [0.2, 0.25) is 5.43 Å². The first kappa shape index (κ1) is 12.9. The van der Waals surface area contributed by atoms with Crippen LogP contribution in [0.4, 0.5) is 0 Å². The zero-order valence-electron chi connectivity index (χ0n) is 10.8. The molecule has 1 aromatic heterocycles. The van der Waals surface area contributed by atoms with E-state index < -0.39 is 11.4 Å². The summed E-state index contributed by atoms with van der Waals surface area (Å²) in [6.07, 6.45) is 1.32. The minimum Gasteiger partial charge on any atom is -0.493 e. The molecule has 0 aliphatic rings. The van der Waals surface area contributed by atoms with Crippen LogP contribution in [0.25, 0.3) is 10.9 Å². The molecule has 1 heterocycles. The van der Waals surface area contributed by atoms with Gasteiger partial charge in [0.15, 0.2) is 11.5 Å². The number of carbonyl (C=O) groups excluding carboxylic acids is 1. The Bertz CT molecular complexity index is 689. The van der Waals surface area contributed by atoms with E-state index in [1.54, 1.807) is 6.07 Å². The van der Waals surface area contributed by atoms with E-state index in [2.05, 4.69) is 9.72 Å². The molecule has 19 heavy (non-hydrogen) atoms. The number of esters is 1. The molecule has 6 heteroatoms. The fourth-order valence-electron chi connectivity index (χ4n) is 1.81. The van der Waals surface area contributed by atoms with Crippen molar-refractivity contribution in [2.24, 2.45) is 0 Å². The number of hydrogen-bond acceptors (Lipinski definition) is 5. The average molecular weight is 263 g/mol. The van der Waals surface area contributed by atoms with Crippen molar-refractivity contribution in [1.29, 1.82) is 0 Å². The number of H-pyrrole nitrogens is 1. The van der Waals surface area contributed by atoms with Gasteiger partial charge in [0.25, 0.3) is 0 Å². The Morgan fingerprint density at radius 1 is 1.11 bits per heavy atom. The third-order valence-electron chi connectivity index (χ3n) is 2.79. The third kappa shape index (κ3) is 2.12. The van der Waals surface area contributed by atoms with E-state index in [1.807, 2.05) is 0 Å². The lowest BCUT2D eigenvalue weighted by Crippen LogP contribution is -2.17. The highest BCUT2D eigenvalue weighted by atomic mass is 16.5. The minimum absolute atomic E-state index is 0.0535. The lowest BCUT2D eigenvalue weighted by molar-refractivity contribution is 0.0599. The van der Waals surface area contributed by atoms with Crippen LogP contribution in [0.1, 0.15) is 10.4 Å². The molecule has 2 aromatic rings. The second-order valence-corrected chi connectivity index (χ2v) is 3.78. The zero-order chi connectivity index (χ0) is 14.0. The van der Waals surface area contributed by atoms with Crippen molar-refractivity contribution in [3.63, 3.8) is 0 Å². The molecular formula is C13H13NO5. The molecule has 0 fully saturated rings. The van der Waals surface area contributed by atoms with Crippen molar-refractivity contribution in [3.8, 4) is 11.5 Å². The van der Waals surface area contributed by atoms with E-state index >= 15 is 0 Å². The standard InChI is InChI=1S/C13H13NO5/c1-17-10-4-7-9(5-11(10)18-2)14-6-8(12(7)15)13(16)19-3/h4-6H,1-3H3,(H,14,15). The maximum atomic E-state index is 12.2. The fourth-order valence-corrected chi connectivity index (χ4v) is 1.81. The van der Waals surface area contributed by atoms with Crippen molar-refractivity contribution < 1.29 is 19.0 Å². The van der Waals surface area contributed by atoms with Gasteiger partial charge in [-0.25, -0.2) is 4.79 Å². The number of benzene rings is 1. The molecule has 0 aliphatic heterocycles. The maximum Gasteiger partial charge on any atom is 0.343 e. The van der Waals surface area contributed by atoms with Gasteiger partial charge in [-0.15, -0.1) is 0 Å². The van der Waals surface area contributed by atoms with Crippen LogP contribution < -0.4 is 14.9 Å². The molecule has 0 bridgehead atoms. The van der Waals surface area contributed by atoms with Gasteiger partial charge >= 0.3 is 5.97 Å². The first-order chi connectivity index (χ1) is 9.12.